The molecule has 0 saturated heterocycles. The standard InChI is InChI=1S/C19H16NO8/c1-9-7-13(21)16(18(23)27-9)15(11-3-5-12(6-4-11)20(25)26)17-14(22)8-10(2)28-19(17)24/h3-8,15,21-22,25H,1-2H3/q-1. The molecular formula is C19H16NO8-. The van der Waals surface area contributed by atoms with Crippen LogP contribution in [0.3, 0.4) is 0 Å². The minimum Gasteiger partial charge on any atom is -0.733 e. The molecule has 0 radical (unpaired) electrons. The lowest BCUT2D eigenvalue weighted by Crippen LogP contribution is -2.21. The second kappa shape index (κ2) is 7.22. The van der Waals surface area contributed by atoms with Crippen LogP contribution in [0.2, 0.25) is 0 Å². The number of aromatic hydroxyl groups is 2. The molecular weight excluding hydrogens is 370 g/mol. The topological polar surface area (TPSA) is 147 Å². The molecule has 0 atom stereocenters. The Hall–Kier alpha value is -3.56. The first-order valence-electron chi connectivity index (χ1n) is 8.12. The largest absolute Gasteiger partial charge is 0.733 e. The molecule has 9 nitrogen and oxygen atoms in total. The Morgan fingerprint density at radius 2 is 1.32 bits per heavy atom. The molecule has 2 aromatic heterocycles. The van der Waals surface area contributed by atoms with Gasteiger partial charge >= 0.3 is 11.3 Å². The van der Waals surface area contributed by atoms with Crippen molar-refractivity contribution in [2.75, 3.05) is 5.23 Å². The number of aryl methyl sites for hydroxylation is 2. The van der Waals surface area contributed by atoms with Crippen molar-refractivity contribution in [1.29, 1.82) is 0 Å². The third-order valence-corrected chi connectivity index (χ3v) is 4.20. The summed E-state index contributed by atoms with van der Waals surface area (Å²) in [5.41, 5.74) is -2.20. The van der Waals surface area contributed by atoms with Gasteiger partial charge in [0.25, 0.3) is 0 Å². The normalized spacial score (nSPS) is 11.0. The van der Waals surface area contributed by atoms with Crippen molar-refractivity contribution < 1.29 is 24.3 Å². The second-order valence-electron chi connectivity index (χ2n) is 6.18. The molecule has 9 heteroatoms. The van der Waals surface area contributed by atoms with Gasteiger partial charge in [-0.2, -0.15) is 0 Å². The summed E-state index contributed by atoms with van der Waals surface area (Å²) in [6, 6.07) is 7.62. The molecule has 0 amide bonds. The Morgan fingerprint density at radius 1 is 0.893 bits per heavy atom. The fourth-order valence-electron chi connectivity index (χ4n) is 3.01. The zero-order valence-electron chi connectivity index (χ0n) is 14.9. The van der Waals surface area contributed by atoms with Crippen molar-refractivity contribution in [3.8, 4) is 11.5 Å². The van der Waals surface area contributed by atoms with Crippen molar-refractivity contribution in [1.82, 2.24) is 0 Å². The first-order chi connectivity index (χ1) is 13.2. The predicted octanol–water partition coefficient (Wildman–Crippen LogP) is 2.49. The van der Waals surface area contributed by atoms with E-state index in [2.05, 4.69) is 0 Å². The molecule has 2 heterocycles. The van der Waals surface area contributed by atoms with Crippen LogP contribution in [-0.4, -0.2) is 15.4 Å². The molecule has 0 aliphatic heterocycles. The molecule has 0 unspecified atom stereocenters. The van der Waals surface area contributed by atoms with E-state index in [-0.39, 0.29) is 39.1 Å². The van der Waals surface area contributed by atoms with Gasteiger partial charge in [-0.15, -0.1) is 0 Å². The molecule has 3 rings (SSSR count). The van der Waals surface area contributed by atoms with Crippen LogP contribution in [0.25, 0.3) is 0 Å². The molecule has 3 aromatic rings. The van der Waals surface area contributed by atoms with Gasteiger partial charge in [-0.3, -0.25) is 5.21 Å². The monoisotopic (exact) mass is 386 g/mol. The Labute approximate surface area is 157 Å². The Bertz CT molecular complexity index is 1060. The third kappa shape index (κ3) is 3.48. The summed E-state index contributed by atoms with van der Waals surface area (Å²) in [6.45, 7) is 2.94. The maximum atomic E-state index is 12.5. The number of anilines is 1. The average molecular weight is 386 g/mol. The minimum absolute atomic E-state index is 0.0946. The number of hydrogen-bond acceptors (Lipinski definition) is 9. The van der Waals surface area contributed by atoms with Crippen molar-refractivity contribution >= 4 is 5.69 Å². The number of hydrogen-bond donors (Lipinski definition) is 3. The van der Waals surface area contributed by atoms with Crippen molar-refractivity contribution in [3.05, 3.63) is 90.7 Å². The highest BCUT2D eigenvalue weighted by atomic mass is 16.8. The van der Waals surface area contributed by atoms with E-state index >= 15 is 0 Å². The summed E-state index contributed by atoms with van der Waals surface area (Å²) in [5.74, 6) is -1.81. The van der Waals surface area contributed by atoms with E-state index in [1.807, 2.05) is 0 Å². The first kappa shape index (κ1) is 19.2. The van der Waals surface area contributed by atoms with Crippen molar-refractivity contribution in [2.45, 2.75) is 19.8 Å². The molecule has 1 aromatic carbocycles. The smallest absolute Gasteiger partial charge is 0.343 e. The maximum Gasteiger partial charge on any atom is 0.343 e. The molecule has 0 fully saturated rings. The Balaban J connectivity index is 2.33. The van der Waals surface area contributed by atoms with Crippen molar-refractivity contribution in [3.63, 3.8) is 0 Å². The highest BCUT2D eigenvalue weighted by Crippen LogP contribution is 2.38. The predicted molar refractivity (Wildman–Crippen MR) is 97.8 cm³/mol. The van der Waals surface area contributed by atoms with E-state index in [0.717, 1.165) is 0 Å². The van der Waals surface area contributed by atoms with Crippen molar-refractivity contribution in [2.24, 2.45) is 0 Å². The quantitative estimate of drug-likeness (QED) is 0.575. The molecule has 0 bridgehead atoms. The minimum atomic E-state index is -1.25. The molecule has 28 heavy (non-hydrogen) atoms. The number of nitrogens with zero attached hydrogens (tertiary/aromatic N) is 1. The van der Waals surface area contributed by atoms with Crippen LogP contribution in [0.4, 0.5) is 5.69 Å². The van der Waals surface area contributed by atoms with E-state index in [1.165, 1.54) is 50.2 Å². The van der Waals surface area contributed by atoms with E-state index < -0.39 is 28.7 Å². The number of rotatable bonds is 4. The van der Waals surface area contributed by atoms with Crippen LogP contribution in [0.15, 0.2) is 54.8 Å². The van der Waals surface area contributed by atoms with Crippen LogP contribution in [-0.2, 0) is 0 Å². The highest BCUT2D eigenvalue weighted by Gasteiger charge is 2.30. The van der Waals surface area contributed by atoms with Crippen LogP contribution in [0.1, 0.15) is 34.1 Å². The molecule has 146 valence electrons. The summed E-state index contributed by atoms with van der Waals surface area (Å²) in [6.07, 6.45) is 0. The third-order valence-electron chi connectivity index (χ3n) is 4.20. The molecule has 0 aliphatic carbocycles. The SMILES string of the molecule is Cc1cc(O)c(C(c2ccc(N([O-])O)cc2)c2c(O)cc(C)oc2=O)c(=O)o1. The molecule has 0 spiro atoms. The lowest BCUT2D eigenvalue weighted by molar-refractivity contribution is 0.296. The summed E-state index contributed by atoms with van der Waals surface area (Å²) in [7, 11) is 0. The van der Waals surface area contributed by atoms with Crippen LogP contribution in [0.5, 0.6) is 11.5 Å². The van der Waals surface area contributed by atoms with Gasteiger partial charge in [-0.25, -0.2) is 9.59 Å². The zero-order chi connectivity index (χ0) is 20.6. The molecule has 0 saturated carbocycles. The average Bonchev–Trinajstić information content (AvgIpc) is 2.58. The van der Waals surface area contributed by atoms with E-state index in [0.29, 0.717) is 0 Å². The maximum absolute atomic E-state index is 12.5. The van der Waals surface area contributed by atoms with Gasteiger partial charge in [0, 0.05) is 12.1 Å². The van der Waals surface area contributed by atoms with Gasteiger partial charge in [0.05, 0.1) is 22.7 Å². The van der Waals surface area contributed by atoms with Gasteiger partial charge in [-0.1, -0.05) is 12.1 Å². The van der Waals surface area contributed by atoms with E-state index in [9.17, 15) is 25.0 Å². The summed E-state index contributed by atoms with van der Waals surface area (Å²) in [4.78, 5) is 24.9. The van der Waals surface area contributed by atoms with Gasteiger partial charge in [0.2, 0.25) is 0 Å². The molecule has 3 N–H and O–H groups in total. The van der Waals surface area contributed by atoms with Crippen LogP contribution in [0, 0.1) is 19.1 Å². The highest BCUT2D eigenvalue weighted by molar-refractivity contribution is 5.54. The van der Waals surface area contributed by atoms with E-state index in [1.54, 1.807) is 0 Å². The summed E-state index contributed by atoms with van der Waals surface area (Å²) in [5, 5.41) is 40.4. The van der Waals surface area contributed by atoms with Gasteiger partial charge in [0.1, 0.15) is 23.0 Å². The molecule has 0 aliphatic rings. The lowest BCUT2D eigenvalue weighted by atomic mass is 9.85. The fourth-order valence-corrected chi connectivity index (χ4v) is 3.01. The zero-order valence-corrected chi connectivity index (χ0v) is 14.9. The summed E-state index contributed by atoms with van der Waals surface area (Å²) >= 11 is 0. The van der Waals surface area contributed by atoms with Gasteiger partial charge < -0.3 is 29.5 Å². The second-order valence-corrected chi connectivity index (χ2v) is 6.18. The van der Waals surface area contributed by atoms with Crippen LogP contribution < -0.4 is 16.5 Å². The lowest BCUT2D eigenvalue weighted by Gasteiger charge is -2.23. The summed E-state index contributed by atoms with van der Waals surface area (Å²) < 4.78 is 10.1. The Morgan fingerprint density at radius 3 is 1.68 bits per heavy atom. The first-order valence-corrected chi connectivity index (χ1v) is 8.12. The Kier molecular flexibility index (Phi) is 4.95. The van der Waals surface area contributed by atoms with Gasteiger partial charge in [-0.05, 0) is 31.5 Å². The van der Waals surface area contributed by atoms with Crippen LogP contribution >= 0.6 is 0 Å². The number of benzene rings is 1. The fraction of sp³-hybridized carbons (Fsp3) is 0.158. The van der Waals surface area contributed by atoms with E-state index in [4.69, 9.17) is 14.0 Å². The van der Waals surface area contributed by atoms with Gasteiger partial charge in [0.15, 0.2) is 0 Å².